The Morgan fingerprint density at radius 3 is 2.32 bits per heavy atom. The van der Waals surface area contributed by atoms with E-state index in [9.17, 15) is 4.79 Å². The SMILES string of the molecule is CCCN(CCC)C(=O)CNc1ccccc1CC. The standard InChI is InChI=1S/C16H26N2O/c1-4-11-18(12-5-2)16(19)13-17-15-10-8-7-9-14(15)6-3/h7-10,17H,4-6,11-13H2,1-3H3. The van der Waals surface area contributed by atoms with Crippen LogP contribution in [0.15, 0.2) is 24.3 Å². The van der Waals surface area contributed by atoms with Gasteiger partial charge in [-0.1, -0.05) is 39.0 Å². The van der Waals surface area contributed by atoms with Crippen molar-refractivity contribution >= 4 is 11.6 Å². The molecule has 1 aromatic carbocycles. The number of anilines is 1. The Bertz CT molecular complexity index is 384. The molecule has 0 bridgehead atoms. The van der Waals surface area contributed by atoms with Crippen molar-refractivity contribution in [1.82, 2.24) is 4.90 Å². The Kier molecular flexibility index (Phi) is 7.01. The highest BCUT2D eigenvalue weighted by molar-refractivity contribution is 5.81. The topological polar surface area (TPSA) is 32.3 Å². The van der Waals surface area contributed by atoms with Crippen molar-refractivity contribution < 1.29 is 4.79 Å². The molecule has 0 unspecified atom stereocenters. The fourth-order valence-corrected chi connectivity index (χ4v) is 2.18. The Morgan fingerprint density at radius 2 is 1.74 bits per heavy atom. The van der Waals surface area contributed by atoms with Gasteiger partial charge in [0.05, 0.1) is 6.54 Å². The minimum atomic E-state index is 0.189. The van der Waals surface area contributed by atoms with Crippen LogP contribution in [0.5, 0.6) is 0 Å². The first-order valence-corrected chi connectivity index (χ1v) is 7.32. The molecule has 0 radical (unpaired) electrons. The van der Waals surface area contributed by atoms with E-state index in [-0.39, 0.29) is 5.91 Å². The van der Waals surface area contributed by atoms with E-state index in [1.807, 2.05) is 23.1 Å². The molecule has 0 spiro atoms. The molecule has 0 saturated heterocycles. The molecule has 19 heavy (non-hydrogen) atoms. The molecule has 0 fully saturated rings. The molecule has 0 aliphatic carbocycles. The predicted octanol–water partition coefficient (Wildman–Crippen LogP) is 3.31. The molecule has 0 saturated carbocycles. The summed E-state index contributed by atoms with van der Waals surface area (Å²) in [6, 6.07) is 8.17. The van der Waals surface area contributed by atoms with Crippen molar-refractivity contribution in [2.45, 2.75) is 40.0 Å². The summed E-state index contributed by atoms with van der Waals surface area (Å²) in [4.78, 5) is 14.1. The van der Waals surface area contributed by atoms with Crippen molar-refractivity contribution in [3.8, 4) is 0 Å². The lowest BCUT2D eigenvalue weighted by atomic mass is 10.1. The second kappa shape index (κ2) is 8.57. The lowest BCUT2D eigenvalue weighted by molar-refractivity contribution is -0.129. The fraction of sp³-hybridized carbons (Fsp3) is 0.562. The number of hydrogen-bond donors (Lipinski definition) is 1. The Balaban J connectivity index is 2.56. The van der Waals surface area contributed by atoms with E-state index in [0.29, 0.717) is 6.54 Å². The second-order valence-corrected chi connectivity index (χ2v) is 4.75. The molecule has 1 rings (SSSR count). The molecule has 0 aromatic heterocycles. The molecule has 106 valence electrons. The van der Waals surface area contributed by atoms with Gasteiger partial charge in [-0.2, -0.15) is 0 Å². The van der Waals surface area contributed by atoms with Crippen molar-refractivity contribution in [3.05, 3.63) is 29.8 Å². The van der Waals surface area contributed by atoms with Gasteiger partial charge in [-0.25, -0.2) is 0 Å². The van der Waals surface area contributed by atoms with Gasteiger partial charge < -0.3 is 10.2 Å². The normalized spacial score (nSPS) is 10.3. The van der Waals surface area contributed by atoms with Gasteiger partial charge >= 0.3 is 0 Å². The summed E-state index contributed by atoms with van der Waals surface area (Å²) < 4.78 is 0. The van der Waals surface area contributed by atoms with Crippen LogP contribution in [0.4, 0.5) is 5.69 Å². The number of benzene rings is 1. The van der Waals surface area contributed by atoms with Gasteiger partial charge in [0.15, 0.2) is 0 Å². The van der Waals surface area contributed by atoms with E-state index in [1.165, 1.54) is 5.56 Å². The molecular weight excluding hydrogens is 236 g/mol. The van der Waals surface area contributed by atoms with Crippen LogP contribution in [0.25, 0.3) is 0 Å². The number of carbonyl (C=O) groups is 1. The number of amides is 1. The summed E-state index contributed by atoms with van der Waals surface area (Å²) in [7, 11) is 0. The highest BCUT2D eigenvalue weighted by atomic mass is 16.2. The average Bonchev–Trinajstić information content (AvgIpc) is 2.44. The quantitative estimate of drug-likeness (QED) is 0.779. The average molecular weight is 262 g/mol. The zero-order valence-electron chi connectivity index (χ0n) is 12.4. The number of rotatable bonds is 8. The van der Waals surface area contributed by atoms with Gasteiger partial charge in [0.1, 0.15) is 0 Å². The molecule has 0 aliphatic heterocycles. The third-order valence-electron chi connectivity index (χ3n) is 3.17. The zero-order chi connectivity index (χ0) is 14.1. The number of nitrogens with one attached hydrogen (secondary N) is 1. The van der Waals surface area contributed by atoms with Gasteiger partial charge in [0.25, 0.3) is 0 Å². The lowest BCUT2D eigenvalue weighted by Crippen LogP contribution is -2.36. The minimum absolute atomic E-state index is 0.189. The zero-order valence-corrected chi connectivity index (χ0v) is 12.4. The van der Waals surface area contributed by atoms with Crippen LogP contribution in [0.1, 0.15) is 39.2 Å². The highest BCUT2D eigenvalue weighted by Crippen LogP contribution is 2.15. The maximum atomic E-state index is 12.2. The van der Waals surface area contributed by atoms with E-state index in [0.717, 1.165) is 38.0 Å². The molecular formula is C16H26N2O. The van der Waals surface area contributed by atoms with Gasteiger partial charge in [-0.05, 0) is 30.9 Å². The van der Waals surface area contributed by atoms with Crippen molar-refractivity contribution in [1.29, 1.82) is 0 Å². The Labute approximate surface area is 117 Å². The first kappa shape index (κ1) is 15.5. The summed E-state index contributed by atoms with van der Waals surface area (Å²) in [6.45, 7) is 8.43. The highest BCUT2D eigenvalue weighted by Gasteiger charge is 2.11. The summed E-state index contributed by atoms with van der Waals surface area (Å²) in [5, 5.41) is 3.27. The first-order valence-electron chi connectivity index (χ1n) is 7.32. The molecule has 0 atom stereocenters. The molecule has 0 aliphatic rings. The predicted molar refractivity (Wildman–Crippen MR) is 81.5 cm³/mol. The van der Waals surface area contributed by atoms with Crippen molar-refractivity contribution in [2.75, 3.05) is 25.0 Å². The summed E-state index contributed by atoms with van der Waals surface area (Å²) in [6.07, 6.45) is 3.00. The van der Waals surface area contributed by atoms with E-state index in [2.05, 4.69) is 32.2 Å². The van der Waals surface area contributed by atoms with Crippen LogP contribution >= 0.6 is 0 Å². The fourth-order valence-electron chi connectivity index (χ4n) is 2.18. The van der Waals surface area contributed by atoms with Crippen LogP contribution < -0.4 is 5.32 Å². The molecule has 1 amide bonds. The first-order chi connectivity index (χ1) is 9.22. The van der Waals surface area contributed by atoms with Gasteiger partial charge in [0, 0.05) is 18.8 Å². The number of nitrogens with zero attached hydrogens (tertiary/aromatic N) is 1. The van der Waals surface area contributed by atoms with Gasteiger partial charge in [-0.3, -0.25) is 4.79 Å². The molecule has 1 N–H and O–H groups in total. The van der Waals surface area contributed by atoms with Crippen LogP contribution in [-0.4, -0.2) is 30.4 Å². The van der Waals surface area contributed by atoms with E-state index >= 15 is 0 Å². The maximum Gasteiger partial charge on any atom is 0.241 e. The van der Waals surface area contributed by atoms with Crippen LogP contribution in [-0.2, 0) is 11.2 Å². The van der Waals surface area contributed by atoms with Crippen molar-refractivity contribution in [2.24, 2.45) is 0 Å². The second-order valence-electron chi connectivity index (χ2n) is 4.75. The Morgan fingerprint density at radius 1 is 1.11 bits per heavy atom. The van der Waals surface area contributed by atoms with E-state index in [1.54, 1.807) is 0 Å². The number of aryl methyl sites for hydroxylation is 1. The number of hydrogen-bond acceptors (Lipinski definition) is 2. The molecule has 3 nitrogen and oxygen atoms in total. The smallest absolute Gasteiger partial charge is 0.241 e. The Hall–Kier alpha value is -1.51. The monoisotopic (exact) mass is 262 g/mol. The number of para-hydroxylation sites is 1. The summed E-state index contributed by atoms with van der Waals surface area (Å²) >= 11 is 0. The van der Waals surface area contributed by atoms with E-state index < -0.39 is 0 Å². The lowest BCUT2D eigenvalue weighted by Gasteiger charge is -2.22. The largest absolute Gasteiger partial charge is 0.376 e. The molecule has 1 aromatic rings. The van der Waals surface area contributed by atoms with Crippen molar-refractivity contribution in [3.63, 3.8) is 0 Å². The van der Waals surface area contributed by atoms with Crippen LogP contribution in [0.3, 0.4) is 0 Å². The number of carbonyl (C=O) groups excluding carboxylic acids is 1. The van der Waals surface area contributed by atoms with Crippen LogP contribution in [0, 0.1) is 0 Å². The summed E-state index contributed by atoms with van der Waals surface area (Å²) in [5.74, 6) is 0.189. The van der Waals surface area contributed by atoms with Gasteiger partial charge in [-0.15, -0.1) is 0 Å². The minimum Gasteiger partial charge on any atom is -0.376 e. The molecule has 3 heteroatoms. The summed E-state index contributed by atoms with van der Waals surface area (Å²) in [5.41, 5.74) is 2.33. The maximum absolute atomic E-state index is 12.2. The van der Waals surface area contributed by atoms with Crippen LogP contribution in [0.2, 0.25) is 0 Å². The molecule has 0 heterocycles. The third kappa shape index (κ3) is 4.93. The van der Waals surface area contributed by atoms with Gasteiger partial charge in [0.2, 0.25) is 5.91 Å². The van der Waals surface area contributed by atoms with E-state index in [4.69, 9.17) is 0 Å². The third-order valence-corrected chi connectivity index (χ3v) is 3.17.